The molecule has 21 heavy (non-hydrogen) atoms. The van der Waals surface area contributed by atoms with Gasteiger partial charge in [0.25, 0.3) is 0 Å². The zero-order valence-electron chi connectivity index (χ0n) is 13.1. The van der Waals surface area contributed by atoms with E-state index in [1.165, 1.54) is 0 Å². The van der Waals surface area contributed by atoms with E-state index in [0.717, 1.165) is 34.3 Å². The molecule has 114 valence electrons. The van der Waals surface area contributed by atoms with Gasteiger partial charge in [-0.25, -0.2) is 0 Å². The van der Waals surface area contributed by atoms with Crippen molar-refractivity contribution in [3.05, 3.63) is 34.8 Å². The van der Waals surface area contributed by atoms with E-state index < -0.39 is 0 Å². The number of ether oxygens (including phenoxy) is 1. The van der Waals surface area contributed by atoms with E-state index in [1.54, 1.807) is 18.4 Å². The minimum atomic E-state index is 0.181. The molecule has 1 atom stereocenters. The minimum absolute atomic E-state index is 0.181. The van der Waals surface area contributed by atoms with Crippen molar-refractivity contribution in [2.75, 3.05) is 12.4 Å². The SMILES string of the molecule is CCC(Nc1nnc(CC(C)C)s1)c1ccccc1OC. The van der Waals surface area contributed by atoms with Crippen LogP contribution in [0.2, 0.25) is 0 Å². The summed E-state index contributed by atoms with van der Waals surface area (Å²) >= 11 is 1.64. The lowest BCUT2D eigenvalue weighted by Gasteiger charge is -2.19. The van der Waals surface area contributed by atoms with E-state index in [2.05, 4.69) is 42.4 Å². The summed E-state index contributed by atoms with van der Waals surface area (Å²) in [5, 5.41) is 14.0. The van der Waals surface area contributed by atoms with Crippen molar-refractivity contribution in [2.24, 2.45) is 5.92 Å². The molecule has 1 heterocycles. The number of benzene rings is 1. The van der Waals surface area contributed by atoms with Crippen molar-refractivity contribution in [1.82, 2.24) is 10.2 Å². The maximum atomic E-state index is 5.45. The molecule has 0 radical (unpaired) electrons. The summed E-state index contributed by atoms with van der Waals surface area (Å²) in [7, 11) is 1.71. The van der Waals surface area contributed by atoms with Gasteiger partial charge in [0.1, 0.15) is 10.8 Å². The fourth-order valence-electron chi connectivity index (χ4n) is 2.25. The fourth-order valence-corrected chi connectivity index (χ4v) is 3.25. The second-order valence-corrected chi connectivity index (χ2v) is 6.51. The highest BCUT2D eigenvalue weighted by Gasteiger charge is 2.16. The molecular weight excluding hydrogens is 282 g/mol. The number of rotatable bonds is 7. The Labute approximate surface area is 130 Å². The number of aromatic nitrogens is 2. The molecule has 2 rings (SSSR count). The Bertz CT molecular complexity index is 568. The minimum Gasteiger partial charge on any atom is -0.496 e. The van der Waals surface area contributed by atoms with Crippen LogP contribution in [0.25, 0.3) is 0 Å². The molecule has 1 aromatic carbocycles. The van der Waals surface area contributed by atoms with E-state index in [1.807, 2.05) is 18.2 Å². The highest BCUT2D eigenvalue weighted by Crippen LogP contribution is 2.31. The number of methoxy groups -OCH3 is 1. The van der Waals surface area contributed by atoms with Gasteiger partial charge in [-0.05, 0) is 18.4 Å². The molecule has 5 heteroatoms. The summed E-state index contributed by atoms with van der Waals surface area (Å²) in [6, 6.07) is 8.29. The van der Waals surface area contributed by atoms with Crippen molar-refractivity contribution in [3.63, 3.8) is 0 Å². The highest BCUT2D eigenvalue weighted by molar-refractivity contribution is 7.15. The van der Waals surface area contributed by atoms with Gasteiger partial charge in [0.15, 0.2) is 0 Å². The molecule has 1 unspecified atom stereocenters. The van der Waals surface area contributed by atoms with Crippen LogP contribution in [0.5, 0.6) is 5.75 Å². The maximum absolute atomic E-state index is 5.45. The lowest BCUT2D eigenvalue weighted by Crippen LogP contribution is -2.10. The zero-order valence-corrected chi connectivity index (χ0v) is 13.9. The molecule has 1 aromatic heterocycles. The van der Waals surface area contributed by atoms with Crippen LogP contribution in [0, 0.1) is 5.92 Å². The standard InChI is InChI=1S/C16H23N3OS/c1-5-13(12-8-6-7-9-14(12)20-4)17-16-19-18-15(21-16)10-11(2)3/h6-9,11,13H,5,10H2,1-4H3,(H,17,19). The molecule has 0 amide bonds. The van der Waals surface area contributed by atoms with Crippen molar-refractivity contribution in [1.29, 1.82) is 0 Å². The van der Waals surface area contributed by atoms with Gasteiger partial charge in [-0.15, -0.1) is 10.2 Å². The van der Waals surface area contributed by atoms with Gasteiger partial charge in [0.2, 0.25) is 5.13 Å². The van der Waals surface area contributed by atoms with Crippen LogP contribution < -0.4 is 10.1 Å². The van der Waals surface area contributed by atoms with E-state index in [9.17, 15) is 0 Å². The van der Waals surface area contributed by atoms with Crippen LogP contribution in [-0.4, -0.2) is 17.3 Å². The molecule has 1 N–H and O–H groups in total. The second kappa shape index (κ2) is 7.41. The number of hydrogen-bond donors (Lipinski definition) is 1. The summed E-state index contributed by atoms with van der Waals surface area (Å²) in [6.45, 7) is 6.54. The molecule has 0 spiro atoms. The van der Waals surface area contributed by atoms with Gasteiger partial charge >= 0.3 is 0 Å². The maximum Gasteiger partial charge on any atom is 0.206 e. The van der Waals surface area contributed by atoms with Crippen molar-refractivity contribution in [3.8, 4) is 5.75 Å². The van der Waals surface area contributed by atoms with E-state index in [4.69, 9.17) is 4.74 Å². The Morgan fingerprint density at radius 2 is 2.00 bits per heavy atom. The molecule has 0 saturated heterocycles. The third kappa shape index (κ3) is 4.17. The summed E-state index contributed by atoms with van der Waals surface area (Å²) < 4.78 is 5.45. The van der Waals surface area contributed by atoms with Gasteiger partial charge < -0.3 is 10.1 Å². The van der Waals surface area contributed by atoms with Crippen LogP contribution in [0.4, 0.5) is 5.13 Å². The summed E-state index contributed by atoms with van der Waals surface area (Å²) in [5.41, 5.74) is 1.16. The van der Waals surface area contributed by atoms with Crippen LogP contribution in [-0.2, 0) is 6.42 Å². The molecule has 0 saturated carbocycles. The first kappa shape index (κ1) is 15.8. The average Bonchev–Trinajstić information content (AvgIpc) is 2.91. The second-order valence-electron chi connectivity index (χ2n) is 5.45. The Balaban J connectivity index is 2.13. The van der Waals surface area contributed by atoms with E-state index >= 15 is 0 Å². The summed E-state index contributed by atoms with van der Waals surface area (Å²) in [6.07, 6.45) is 1.93. The van der Waals surface area contributed by atoms with Crippen molar-refractivity contribution >= 4 is 16.5 Å². The molecule has 0 fully saturated rings. The first-order valence-corrected chi connectivity index (χ1v) is 8.17. The first-order chi connectivity index (χ1) is 10.1. The quantitative estimate of drug-likeness (QED) is 0.828. The van der Waals surface area contributed by atoms with Gasteiger partial charge in [-0.2, -0.15) is 0 Å². The molecule has 0 aliphatic heterocycles. The van der Waals surface area contributed by atoms with Gasteiger partial charge in [0, 0.05) is 12.0 Å². The summed E-state index contributed by atoms with van der Waals surface area (Å²) in [5.74, 6) is 1.51. The predicted molar refractivity (Wildman–Crippen MR) is 88.1 cm³/mol. The van der Waals surface area contributed by atoms with Gasteiger partial charge in [-0.3, -0.25) is 0 Å². The molecule has 0 bridgehead atoms. The number of nitrogens with zero attached hydrogens (tertiary/aromatic N) is 2. The lowest BCUT2D eigenvalue weighted by atomic mass is 10.0. The average molecular weight is 305 g/mol. The third-order valence-electron chi connectivity index (χ3n) is 3.27. The number of anilines is 1. The number of para-hydroxylation sites is 1. The molecule has 0 aliphatic rings. The van der Waals surface area contributed by atoms with Gasteiger partial charge in [0.05, 0.1) is 13.2 Å². The Kier molecular flexibility index (Phi) is 5.56. The molecule has 4 nitrogen and oxygen atoms in total. The van der Waals surface area contributed by atoms with Crippen LogP contribution in [0.15, 0.2) is 24.3 Å². The van der Waals surface area contributed by atoms with E-state index in [-0.39, 0.29) is 6.04 Å². The topological polar surface area (TPSA) is 47.0 Å². The highest BCUT2D eigenvalue weighted by atomic mass is 32.1. The molecule has 2 aromatic rings. The summed E-state index contributed by atoms with van der Waals surface area (Å²) in [4.78, 5) is 0. The van der Waals surface area contributed by atoms with Crippen LogP contribution in [0.1, 0.15) is 43.8 Å². The largest absolute Gasteiger partial charge is 0.496 e. The fraction of sp³-hybridized carbons (Fsp3) is 0.500. The normalized spacial score (nSPS) is 12.4. The Hall–Kier alpha value is -1.62. The zero-order chi connectivity index (χ0) is 15.2. The third-order valence-corrected chi connectivity index (χ3v) is 4.15. The monoisotopic (exact) mass is 305 g/mol. The first-order valence-electron chi connectivity index (χ1n) is 7.35. The van der Waals surface area contributed by atoms with Crippen LogP contribution in [0.3, 0.4) is 0 Å². The molecular formula is C16H23N3OS. The Morgan fingerprint density at radius 1 is 1.24 bits per heavy atom. The van der Waals surface area contributed by atoms with Crippen molar-refractivity contribution < 1.29 is 4.74 Å². The van der Waals surface area contributed by atoms with E-state index in [0.29, 0.717) is 5.92 Å². The number of nitrogens with one attached hydrogen (secondary N) is 1. The van der Waals surface area contributed by atoms with Gasteiger partial charge in [-0.1, -0.05) is 50.3 Å². The Morgan fingerprint density at radius 3 is 2.67 bits per heavy atom. The number of hydrogen-bond acceptors (Lipinski definition) is 5. The predicted octanol–water partition coefficient (Wildman–Crippen LogP) is 4.31. The lowest BCUT2D eigenvalue weighted by molar-refractivity contribution is 0.406. The van der Waals surface area contributed by atoms with Crippen LogP contribution >= 0.6 is 11.3 Å². The smallest absolute Gasteiger partial charge is 0.206 e. The van der Waals surface area contributed by atoms with Crippen molar-refractivity contribution in [2.45, 2.75) is 39.7 Å². The molecule has 0 aliphatic carbocycles.